The molecular formula is C34H35ClF2N2O4. The van der Waals surface area contributed by atoms with E-state index in [1.54, 1.807) is 13.3 Å². The Kier molecular flexibility index (Phi) is 10.1. The number of esters is 1. The highest BCUT2D eigenvalue weighted by Crippen LogP contribution is 2.39. The molecule has 1 aliphatic heterocycles. The number of hydrogen-bond acceptors (Lipinski definition) is 6. The number of benzene rings is 3. The van der Waals surface area contributed by atoms with Gasteiger partial charge in [-0.3, -0.25) is 14.7 Å². The SMILES string of the molecule is COc1ccc2ncc(Cl)c(CCCC3(C(=O)OCc4ccccc4)CCN(CCOc4cccc(F)c4F)CC3)c2c1. The Morgan fingerprint density at radius 3 is 2.60 bits per heavy atom. The number of rotatable bonds is 12. The molecular weight excluding hydrogens is 574 g/mol. The van der Waals surface area contributed by atoms with Crippen LogP contribution in [0.2, 0.25) is 5.02 Å². The molecule has 226 valence electrons. The zero-order valence-electron chi connectivity index (χ0n) is 24.2. The van der Waals surface area contributed by atoms with Crippen LogP contribution in [-0.4, -0.2) is 49.2 Å². The third-order valence-corrected chi connectivity index (χ3v) is 8.58. The van der Waals surface area contributed by atoms with Crippen molar-refractivity contribution in [3.63, 3.8) is 0 Å². The number of methoxy groups -OCH3 is 1. The summed E-state index contributed by atoms with van der Waals surface area (Å²) in [7, 11) is 1.63. The monoisotopic (exact) mass is 608 g/mol. The highest BCUT2D eigenvalue weighted by Gasteiger charge is 2.42. The van der Waals surface area contributed by atoms with Crippen molar-refractivity contribution in [2.45, 2.75) is 38.7 Å². The van der Waals surface area contributed by atoms with Crippen LogP contribution in [0.3, 0.4) is 0 Å². The number of aryl methyl sites for hydroxylation is 1. The number of fused-ring (bicyclic) bond motifs is 1. The van der Waals surface area contributed by atoms with Crippen LogP contribution < -0.4 is 9.47 Å². The first-order valence-electron chi connectivity index (χ1n) is 14.5. The van der Waals surface area contributed by atoms with Crippen LogP contribution >= 0.6 is 11.6 Å². The van der Waals surface area contributed by atoms with Gasteiger partial charge >= 0.3 is 5.97 Å². The minimum Gasteiger partial charge on any atom is -0.497 e. The average molecular weight is 609 g/mol. The molecule has 0 aliphatic carbocycles. The van der Waals surface area contributed by atoms with E-state index in [0.29, 0.717) is 50.3 Å². The Morgan fingerprint density at radius 1 is 1.05 bits per heavy atom. The maximum absolute atomic E-state index is 14.0. The molecule has 5 rings (SSSR count). The van der Waals surface area contributed by atoms with Crippen molar-refractivity contribution in [2.24, 2.45) is 5.41 Å². The molecule has 4 aromatic rings. The maximum Gasteiger partial charge on any atom is 0.312 e. The van der Waals surface area contributed by atoms with Crippen LogP contribution in [0.5, 0.6) is 11.5 Å². The van der Waals surface area contributed by atoms with Crippen molar-refractivity contribution in [1.29, 1.82) is 0 Å². The fourth-order valence-electron chi connectivity index (χ4n) is 5.70. The predicted octanol–water partition coefficient (Wildman–Crippen LogP) is 7.40. The van der Waals surface area contributed by atoms with Gasteiger partial charge in [-0.1, -0.05) is 48.0 Å². The van der Waals surface area contributed by atoms with Crippen LogP contribution in [0, 0.1) is 17.0 Å². The summed E-state index contributed by atoms with van der Waals surface area (Å²) in [6, 6.07) is 19.3. The predicted molar refractivity (Wildman–Crippen MR) is 162 cm³/mol. The quantitative estimate of drug-likeness (QED) is 0.156. The molecule has 0 radical (unpaired) electrons. The van der Waals surface area contributed by atoms with Gasteiger partial charge in [-0.25, -0.2) is 4.39 Å². The molecule has 1 aromatic heterocycles. The van der Waals surface area contributed by atoms with Gasteiger partial charge in [-0.05, 0) is 86.7 Å². The molecule has 0 unspecified atom stereocenters. The van der Waals surface area contributed by atoms with E-state index in [0.717, 1.165) is 40.3 Å². The van der Waals surface area contributed by atoms with Crippen molar-refractivity contribution >= 4 is 28.5 Å². The Labute approximate surface area is 255 Å². The lowest BCUT2D eigenvalue weighted by atomic mass is 9.74. The average Bonchev–Trinajstić information content (AvgIpc) is 3.04. The lowest BCUT2D eigenvalue weighted by Gasteiger charge is -2.40. The summed E-state index contributed by atoms with van der Waals surface area (Å²) in [4.78, 5) is 20.3. The van der Waals surface area contributed by atoms with Gasteiger partial charge in [0.05, 0.1) is 23.1 Å². The van der Waals surface area contributed by atoms with E-state index in [4.69, 9.17) is 25.8 Å². The fourth-order valence-corrected chi connectivity index (χ4v) is 5.95. The molecule has 2 heterocycles. The zero-order chi connectivity index (χ0) is 30.2. The van der Waals surface area contributed by atoms with Gasteiger partial charge in [0, 0.05) is 18.1 Å². The molecule has 1 saturated heterocycles. The van der Waals surface area contributed by atoms with Gasteiger partial charge in [0.15, 0.2) is 11.6 Å². The van der Waals surface area contributed by atoms with E-state index in [9.17, 15) is 13.6 Å². The van der Waals surface area contributed by atoms with Crippen molar-refractivity contribution in [1.82, 2.24) is 9.88 Å². The second-order valence-electron chi connectivity index (χ2n) is 10.9. The van der Waals surface area contributed by atoms with Gasteiger partial charge in [0.2, 0.25) is 5.82 Å². The van der Waals surface area contributed by atoms with Crippen molar-refractivity contribution in [3.05, 3.63) is 101 Å². The lowest BCUT2D eigenvalue weighted by molar-refractivity contribution is -0.161. The Morgan fingerprint density at radius 2 is 1.84 bits per heavy atom. The lowest BCUT2D eigenvalue weighted by Crippen LogP contribution is -2.46. The number of nitrogens with zero attached hydrogens (tertiary/aromatic N) is 2. The molecule has 9 heteroatoms. The summed E-state index contributed by atoms with van der Waals surface area (Å²) in [6.45, 7) is 2.28. The molecule has 6 nitrogen and oxygen atoms in total. The number of aromatic nitrogens is 1. The number of pyridine rings is 1. The zero-order valence-corrected chi connectivity index (χ0v) is 24.9. The fraction of sp³-hybridized carbons (Fsp3) is 0.353. The van der Waals surface area contributed by atoms with Crippen molar-refractivity contribution in [3.8, 4) is 11.5 Å². The van der Waals surface area contributed by atoms with E-state index in [2.05, 4.69) is 9.88 Å². The molecule has 0 bridgehead atoms. The summed E-state index contributed by atoms with van der Waals surface area (Å²) < 4.78 is 44.3. The number of ether oxygens (including phenoxy) is 3. The van der Waals surface area contributed by atoms with Gasteiger partial charge in [0.25, 0.3) is 0 Å². The number of likely N-dealkylation sites (tertiary alicyclic amines) is 1. The first kappa shape index (κ1) is 30.7. The Balaban J connectivity index is 1.25. The number of hydrogen-bond donors (Lipinski definition) is 0. The summed E-state index contributed by atoms with van der Waals surface area (Å²) in [5.41, 5.74) is 2.12. The van der Waals surface area contributed by atoms with Crippen molar-refractivity contribution < 1.29 is 27.8 Å². The smallest absolute Gasteiger partial charge is 0.312 e. The molecule has 1 aliphatic rings. The molecule has 1 fully saturated rings. The van der Waals surface area contributed by atoms with Crippen LogP contribution in [0.15, 0.2) is 72.9 Å². The summed E-state index contributed by atoms with van der Waals surface area (Å²) in [6.07, 6.45) is 4.96. The first-order valence-corrected chi connectivity index (χ1v) is 14.9. The Bertz CT molecular complexity index is 1540. The van der Waals surface area contributed by atoms with Crippen LogP contribution in [0.4, 0.5) is 8.78 Å². The van der Waals surface area contributed by atoms with E-state index >= 15 is 0 Å². The van der Waals surface area contributed by atoms with E-state index in [1.807, 2.05) is 48.5 Å². The Hall–Kier alpha value is -3.75. The van der Waals surface area contributed by atoms with E-state index < -0.39 is 17.0 Å². The maximum atomic E-state index is 14.0. The highest BCUT2D eigenvalue weighted by molar-refractivity contribution is 6.32. The van der Waals surface area contributed by atoms with Crippen molar-refractivity contribution in [2.75, 3.05) is 33.4 Å². The van der Waals surface area contributed by atoms with Gasteiger partial charge in [-0.2, -0.15) is 4.39 Å². The largest absolute Gasteiger partial charge is 0.497 e. The molecule has 0 spiro atoms. The van der Waals surface area contributed by atoms with E-state index in [1.165, 1.54) is 12.1 Å². The second-order valence-corrected chi connectivity index (χ2v) is 11.3. The number of piperidine rings is 1. The van der Waals surface area contributed by atoms with Crippen LogP contribution in [-0.2, 0) is 22.6 Å². The minimum atomic E-state index is -0.984. The minimum absolute atomic E-state index is 0.101. The third kappa shape index (κ3) is 7.43. The van der Waals surface area contributed by atoms with Gasteiger partial charge < -0.3 is 14.2 Å². The number of carbonyl (C=O) groups is 1. The third-order valence-electron chi connectivity index (χ3n) is 8.26. The van der Waals surface area contributed by atoms with Crippen LogP contribution in [0.1, 0.15) is 36.8 Å². The topological polar surface area (TPSA) is 60.9 Å². The summed E-state index contributed by atoms with van der Waals surface area (Å²) >= 11 is 6.61. The van der Waals surface area contributed by atoms with Gasteiger partial charge in [-0.15, -0.1) is 0 Å². The molecule has 3 aromatic carbocycles. The summed E-state index contributed by atoms with van der Waals surface area (Å²) in [5.74, 6) is -1.48. The standard InChI is InChI=1S/C34H35ClF2N2O4/c1-41-25-12-13-30-27(21-25)26(28(35)22-38-30)9-6-14-34(33(40)43-23-24-7-3-2-4-8-24)15-17-39(18-16-34)19-20-42-31-11-5-10-29(36)32(31)37/h2-5,7-8,10-13,21-22H,6,9,14-20,23H2,1H3. The highest BCUT2D eigenvalue weighted by atomic mass is 35.5. The molecule has 0 saturated carbocycles. The molecule has 0 amide bonds. The second kappa shape index (κ2) is 14.1. The normalized spacial score (nSPS) is 14.9. The van der Waals surface area contributed by atoms with Crippen LogP contribution in [0.25, 0.3) is 10.9 Å². The summed E-state index contributed by atoms with van der Waals surface area (Å²) in [5, 5.41) is 1.53. The number of carbonyl (C=O) groups excluding carboxylic acids is 1. The van der Waals surface area contributed by atoms with Gasteiger partial charge in [0.1, 0.15) is 19.0 Å². The number of halogens is 3. The molecule has 0 atom stereocenters. The molecule has 0 N–H and O–H groups in total. The first-order chi connectivity index (χ1) is 20.9. The molecule has 43 heavy (non-hydrogen) atoms. The van der Waals surface area contributed by atoms with E-state index in [-0.39, 0.29) is 24.9 Å².